The molecule has 1 aliphatic rings. The number of anilines is 1. The second-order valence-corrected chi connectivity index (χ2v) is 7.18. The Morgan fingerprint density at radius 1 is 1.43 bits per heavy atom. The van der Waals surface area contributed by atoms with Gasteiger partial charge in [-0.2, -0.15) is 0 Å². The first-order valence-corrected chi connectivity index (χ1v) is 8.12. The van der Waals surface area contributed by atoms with Crippen LogP contribution in [0, 0.1) is 0 Å². The molecule has 0 unspecified atom stereocenters. The Hall–Kier alpha value is -1.75. The van der Waals surface area contributed by atoms with E-state index in [4.69, 9.17) is 16.3 Å². The van der Waals surface area contributed by atoms with E-state index >= 15 is 0 Å². The van der Waals surface area contributed by atoms with Crippen LogP contribution in [-0.2, 0) is 4.74 Å². The second kappa shape index (κ2) is 6.79. The maximum absolute atomic E-state index is 12.3. The maximum Gasteiger partial charge on any atom is 0.410 e. The van der Waals surface area contributed by atoms with Gasteiger partial charge in [0.05, 0.1) is 5.69 Å². The molecule has 1 saturated heterocycles. The van der Waals surface area contributed by atoms with Gasteiger partial charge in [0.25, 0.3) is 0 Å². The number of carbonyl (C=O) groups excluding carboxylic acids is 1. The van der Waals surface area contributed by atoms with Crippen molar-refractivity contribution in [2.75, 3.05) is 24.5 Å². The number of halogens is 1. The Balaban J connectivity index is 2.08. The summed E-state index contributed by atoms with van der Waals surface area (Å²) in [6.07, 6.45) is 1.41. The average molecular weight is 338 g/mol. The molecule has 0 N–H and O–H groups in total. The zero-order valence-corrected chi connectivity index (χ0v) is 14.9. The third-order valence-electron chi connectivity index (χ3n) is 3.59. The highest BCUT2D eigenvalue weighted by Crippen LogP contribution is 2.23. The Labute approximate surface area is 142 Å². The number of nitrogens with zero attached hydrogens (tertiary/aromatic N) is 3. The normalized spacial score (nSPS) is 18.7. The van der Waals surface area contributed by atoms with E-state index in [0.29, 0.717) is 24.7 Å². The molecule has 6 heteroatoms. The van der Waals surface area contributed by atoms with Crippen LogP contribution >= 0.6 is 11.6 Å². The summed E-state index contributed by atoms with van der Waals surface area (Å²) < 4.78 is 5.46. The number of hydrogen-bond donors (Lipinski definition) is 0. The lowest BCUT2D eigenvalue weighted by Gasteiger charge is -2.40. The minimum absolute atomic E-state index is 0.0339. The Morgan fingerprint density at radius 3 is 2.70 bits per heavy atom. The third-order valence-corrected chi connectivity index (χ3v) is 3.80. The quantitative estimate of drug-likeness (QED) is 0.823. The fourth-order valence-corrected chi connectivity index (χ4v) is 2.74. The lowest BCUT2D eigenvalue weighted by Crippen LogP contribution is -2.55. The number of ether oxygens (including phenoxy) is 1. The van der Waals surface area contributed by atoms with Gasteiger partial charge in [-0.3, -0.25) is 0 Å². The van der Waals surface area contributed by atoms with Crippen LogP contribution in [0.5, 0.6) is 0 Å². The van der Waals surface area contributed by atoms with Crippen molar-refractivity contribution in [3.05, 3.63) is 29.4 Å². The molecule has 1 atom stereocenters. The van der Waals surface area contributed by atoms with Gasteiger partial charge in [-0.05, 0) is 45.9 Å². The predicted molar refractivity (Wildman–Crippen MR) is 94.0 cm³/mol. The number of rotatable bonds is 2. The summed E-state index contributed by atoms with van der Waals surface area (Å²) in [4.78, 5) is 20.7. The summed E-state index contributed by atoms with van der Waals surface area (Å²) >= 11 is 6.14. The molecule has 0 spiro atoms. The first kappa shape index (κ1) is 17.6. The number of aromatic nitrogens is 1. The molecule has 0 saturated carbocycles. The Bertz CT molecular complexity index is 598. The van der Waals surface area contributed by atoms with Gasteiger partial charge >= 0.3 is 6.09 Å². The first-order chi connectivity index (χ1) is 10.7. The monoisotopic (exact) mass is 337 g/mol. The topological polar surface area (TPSA) is 45.7 Å². The smallest absolute Gasteiger partial charge is 0.410 e. The van der Waals surface area contributed by atoms with Crippen LogP contribution in [0.25, 0.3) is 6.08 Å². The fourth-order valence-electron chi connectivity index (χ4n) is 2.53. The molecule has 2 heterocycles. The zero-order chi connectivity index (χ0) is 17.2. The van der Waals surface area contributed by atoms with E-state index in [1.54, 1.807) is 17.0 Å². The van der Waals surface area contributed by atoms with Crippen LogP contribution in [0.4, 0.5) is 10.6 Å². The molecule has 0 bridgehead atoms. The van der Waals surface area contributed by atoms with Crippen molar-refractivity contribution in [1.29, 1.82) is 0 Å². The van der Waals surface area contributed by atoms with Crippen LogP contribution in [0.15, 0.2) is 18.7 Å². The number of amides is 1. The molecule has 5 nitrogen and oxygen atoms in total. The van der Waals surface area contributed by atoms with Crippen molar-refractivity contribution in [2.24, 2.45) is 0 Å². The molecule has 1 aromatic heterocycles. The Morgan fingerprint density at radius 2 is 2.13 bits per heavy atom. The summed E-state index contributed by atoms with van der Waals surface area (Å²) in [6.45, 7) is 13.3. The van der Waals surface area contributed by atoms with Crippen LogP contribution in [-0.4, -0.2) is 47.3 Å². The van der Waals surface area contributed by atoms with Gasteiger partial charge in [-0.1, -0.05) is 18.2 Å². The molecule has 126 valence electrons. The highest BCUT2D eigenvalue weighted by molar-refractivity contribution is 6.30. The van der Waals surface area contributed by atoms with Gasteiger partial charge in [-0.25, -0.2) is 9.78 Å². The minimum atomic E-state index is -0.485. The van der Waals surface area contributed by atoms with Gasteiger partial charge in [0, 0.05) is 30.7 Å². The highest BCUT2D eigenvalue weighted by Gasteiger charge is 2.31. The van der Waals surface area contributed by atoms with E-state index in [9.17, 15) is 4.79 Å². The molecule has 1 fully saturated rings. The number of carbonyl (C=O) groups is 1. The van der Waals surface area contributed by atoms with E-state index in [2.05, 4.69) is 16.5 Å². The molecule has 1 amide bonds. The van der Waals surface area contributed by atoms with Gasteiger partial charge in [-0.15, -0.1) is 0 Å². The van der Waals surface area contributed by atoms with Crippen LogP contribution < -0.4 is 4.90 Å². The number of hydrogen-bond acceptors (Lipinski definition) is 4. The number of pyridine rings is 1. The van der Waals surface area contributed by atoms with Crippen molar-refractivity contribution in [3.63, 3.8) is 0 Å². The van der Waals surface area contributed by atoms with E-state index < -0.39 is 5.60 Å². The first-order valence-electron chi connectivity index (χ1n) is 7.74. The fraction of sp³-hybridized carbons (Fsp3) is 0.529. The SMILES string of the molecule is C=Cc1cc(Cl)cc(N2CCN(C(=O)OC(C)(C)C)[C@H](C)C2)n1. The molecular weight excluding hydrogens is 314 g/mol. The molecule has 0 aliphatic carbocycles. The lowest BCUT2D eigenvalue weighted by molar-refractivity contribution is 0.0158. The minimum Gasteiger partial charge on any atom is -0.444 e. The van der Waals surface area contributed by atoms with Crippen LogP contribution in [0.3, 0.4) is 0 Å². The largest absolute Gasteiger partial charge is 0.444 e. The van der Waals surface area contributed by atoms with Crippen molar-refractivity contribution >= 4 is 29.6 Å². The zero-order valence-electron chi connectivity index (χ0n) is 14.2. The van der Waals surface area contributed by atoms with Crippen molar-refractivity contribution < 1.29 is 9.53 Å². The van der Waals surface area contributed by atoms with Crippen molar-refractivity contribution in [2.45, 2.75) is 39.3 Å². The van der Waals surface area contributed by atoms with Gasteiger partial charge in [0.2, 0.25) is 0 Å². The third kappa shape index (κ3) is 4.61. The van der Waals surface area contributed by atoms with Gasteiger partial charge < -0.3 is 14.5 Å². The van der Waals surface area contributed by atoms with Crippen LogP contribution in [0.2, 0.25) is 5.02 Å². The van der Waals surface area contributed by atoms with Crippen molar-refractivity contribution in [1.82, 2.24) is 9.88 Å². The molecule has 23 heavy (non-hydrogen) atoms. The van der Waals surface area contributed by atoms with Gasteiger partial charge in [0.15, 0.2) is 0 Å². The van der Waals surface area contributed by atoms with E-state index in [1.807, 2.05) is 33.8 Å². The summed E-state index contributed by atoms with van der Waals surface area (Å²) in [5, 5.41) is 0.632. The standard InChI is InChI=1S/C17H24ClN3O2/c1-6-14-9-13(18)10-15(19-14)20-7-8-21(12(2)11-20)16(22)23-17(3,4)5/h6,9-10,12H,1,7-8,11H2,2-5H3/t12-/m1/s1. The molecule has 1 aliphatic heterocycles. The molecular formula is C17H24ClN3O2. The average Bonchev–Trinajstić information content (AvgIpc) is 2.44. The molecule has 1 aromatic rings. The second-order valence-electron chi connectivity index (χ2n) is 6.74. The number of piperazine rings is 1. The van der Waals surface area contributed by atoms with Crippen molar-refractivity contribution in [3.8, 4) is 0 Å². The summed E-state index contributed by atoms with van der Waals surface area (Å²) in [5.41, 5.74) is 0.260. The molecule has 0 radical (unpaired) electrons. The van der Waals surface area contributed by atoms with E-state index in [-0.39, 0.29) is 12.1 Å². The van der Waals surface area contributed by atoms with E-state index in [1.165, 1.54) is 0 Å². The maximum atomic E-state index is 12.3. The van der Waals surface area contributed by atoms with Crippen LogP contribution in [0.1, 0.15) is 33.4 Å². The summed E-state index contributed by atoms with van der Waals surface area (Å²) in [7, 11) is 0. The Kier molecular flexibility index (Phi) is 5.19. The van der Waals surface area contributed by atoms with Gasteiger partial charge in [0.1, 0.15) is 11.4 Å². The molecule has 2 rings (SSSR count). The predicted octanol–water partition coefficient (Wildman–Crippen LogP) is 3.82. The summed E-state index contributed by atoms with van der Waals surface area (Å²) in [6, 6.07) is 3.65. The lowest BCUT2D eigenvalue weighted by atomic mass is 10.2. The van der Waals surface area contributed by atoms with E-state index in [0.717, 1.165) is 11.5 Å². The highest BCUT2D eigenvalue weighted by atomic mass is 35.5. The molecule has 0 aromatic carbocycles. The summed E-state index contributed by atoms with van der Waals surface area (Å²) in [5.74, 6) is 0.808.